The lowest BCUT2D eigenvalue weighted by molar-refractivity contribution is -0.111. The van der Waals surface area contributed by atoms with E-state index in [0.717, 1.165) is 18.4 Å². The standard InChI is InChI=1S/C19H17FN2O2/c20-15-7-4-13(5-8-15)6-11-18(23)21-17-3-1-2-14(12-17)19(24)22-16-9-10-16/h1-8,11-12,16H,9-10H2,(H,21,23)(H,22,24)/b11-6+. The lowest BCUT2D eigenvalue weighted by atomic mass is 10.2. The number of benzene rings is 2. The molecule has 24 heavy (non-hydrogen) atoms. The van der Waals surface area contributed by atoms with Crippen LogP contribution >= 0.6 is 0 Å². The van der Waals surface area contributed by atoms with Gasteiger partial charge >= 0.3 is 0 Å². The van der Waals surface area contributed by atoms with E-state index in [1.165, 1.54) is 18.2 Å². The first-order valence-electron chi connectivity index (χ1n) is 7.76. The second-order valence-corrected chi connectivity index (χ2v) is 5.70. The van der Waals surface area contributed by atoms with Crippen molar-refractivity contribution in [1.82, 2.24) is 5.32 Å². The van der Waals surface area contributed by atoms with Crippen molar-refractivity contribution < 1.29 is 14.0 Å². The average Bonchev–Trinajstić information content (AvgIpc) is 3.38. The van der Waals surface area contributed by atoms with Gasteiger partial charge in [-0.15, -0.1) is 0 Å². The zero-order valence-corrected chi connectivity index (χ0v) is 13.0. The molecule has 0 aliphatic heterocycles. The van der Waals surface area contributed by atoms with Crippen LogP contribution in [-0.4, -0.2) is 17.9 Å². The number of nitrogens with one attached hydrogen (secondary N) is 2. The Bertz CT molecular complexity index is 780. The molecule has 0 heterocycles. The van der Waals surface area contributed by atoms with E-state index in [2.05, 4.69) is 10.6 Å². The minimum Gasteiger partial charge on any atom is -0.349 e. The SMILES string of the molecule is O=C(/C=C/c1ccc(F)cc1)Nc1cccc(C(=O)NC2CC2)c1. The molecule has 2 aromatic rings. The highest BCUT2D eigenvalue weighted by atomic mass is 19.1. The Hall–Kier alpha value is -2.95. The molecule has 3 rings (SSSR count). The van der Waals surface area contributed by atoms with Crippen molar-refractivity contribution in [3.63, 3.8) is 0 Å². The van der Waals surface area contributed by atoms with Crippen LogP contribution in [0.4, 0.5) is 10.1 Å². The predicted molar refractivity (Wildman–Crippen MR) is 91.0 cm³/mol. The Kier molecular flexibility index (Phi) is 4.70. The van der Waals surface area contributed by atoms with Crippen LogP contribution < -0.4 is 10.6 Å². The van der Waals surface area contributed by atoms with E-state index in [1.54, 1.807) is 42.5 Å². The summed E-state index contributed by atoms with van der Waals surface area (Å²) in [7, 11) is 0. The van der Waals surface area contributed by atoms with Crippen LogP contribution in [0.3, 0.4) is 0 Å². The number of hydrogen-bond acceptors (Lipinski definition) is 2. The Labute approximate surface area is 139 Å². The number of halogens is 1. The van der Waals surface area contributed by atoms with Crippen molar-refractivity contribution in [3.8, 4) is 0 Å². The summed E-state index contributed by atoms with van der Waals surface area (Å²) < 4.78 is 12.8. The van der Waals surface area contributed by atoms with Crippen LogP contribution in [0, 0.1) is 5.82 Å². The Morgan fingerprint density at radius 2 is 1.83 bits per heavy atom. The minimum atomic E-state index is -0.321. The van der Waals surface area contributed by atoms with Crippen LogP contribution in [0.15, 0.2) is 54.6 Å². The number of amides is 2. The van der Waals surface area contributed by atoms with Gasteiger partial charge < -0.3 is 10.6 Å². The van der Waals surface area contributed by atoms with Crippen LogP contribution in [0.1, 0.15) is 28.8 Å². The van der Waals surface area contributed by atoms with Gasteiger partial charge in [0.2, 0.25) is 5.91 Å². The molecular weight excluding hydrogens is 307 g/mol. The van der Waals surface area contributed by atoms with Gasteiger partial charge in [0, 0.05) is 23.4 Å². The van der Waals surface area contributed by atoms with Gasteiger partial charge in [0.05, 0.1) is 0 Å². The summed E-state index contributed by atoms with van der Waals surface area (Å²) in [5.74, 6) is -0.771. The van der Waals surface area contributed by atoms with E-state index < -0.39 is 0 Å². The normalized spacial score (nSPS) is 13.7. The van der Waals surface area contributed by atoms with Gasteiger partial charge in [-0.25, -0.2) is 4.39 Å². The van der Waals surface area contributed by atoms with E-state index in [-0.39, 0.29) is 23.7 Å². The second kappa shape index (κ2) is 7.08. The predicted octanol–water partition coefficient (Wildman–Crippen LogP) is 3.37. The molecule has 5 heteroatoms. The van der Waals surface area contributed by atoms with Crippen molar-refractivity contribution in [2.75, 3.05) is 5.32 Å². The molecule has 1 aliphatic carbocycles. The molecule has 0 saturated heterocycles. The molecular formula is C19H17FN2O2. The summed E-state index contributed by atoms with van der Waals surface area (Å²) in [6.07, 6.45) is 5.01. The smallest absolute Gasteiger partial charge is 0.251 e. The number of carbonyl (C=O) groups is 2. The molecule has 122 valence electrons. The van der Waals surface area contributed by atoms with Crippen molar-refractivity contribution in [2.45, 2.75) is 18.9 Å². The molecule has 1 fully saturated rings. The molecule has 1 aliphatic rings. The van der Waals surface area contributed by atoms with Crippen molar-refractivity contribution >= 4 is 23.6 Å². The van der Waals surface area contributed by atoms with Gasteiger partial charge in [-0.3, -0.25) is 9.59 Å². The third-order valence-corrected chi connectivity index (χ3v) is 3.60. The number of rotatable bonds is 5. The maximum Gasteiger partial charge on any atom is 0.251 e. The van der Waals surface area contributed by atoms with Crippen molar-refractivity contribution in [2.24, 2.45) is 0 Å². The zero-order valence-electron chi connectivity index (χ0n) is 13.0. The molecule has 0 radical (unpaired) electrons. The fourth-order valence-corrected chi connectivity index (χ4v) is 2.16. The molecule has 2 amide bonds. The first-order valence-corrected chi connectivity index (χ1v) is 7.76. The fourth-order valence-electron chi connectivity index (χ4n) is 2.16. The highest BCUT2D eigenvalue weighted by Gasteiger charge is 2.23. The summed E-state index contributed by atoms with van der Waals surface area (Å²) in [5.41, 5.74) is 1.79. The van der Waals surface area contributed by atoms with Gasteiger partial charge in [0.1, 0.15) is 5.82 Å². The molecule has 1 saturated carbocycles. The highest BCUT2D eigenvalue weighted by Crippen LogP contribution is 2.20. The summed E-state index contributed by atoms with van der Waals surface area (Å²) in [6, 6.07) is 12.9. The summed E-state index contributed by atoms with van der Waals surface area (Å²) >= 11 is 0. The highest BCUT2D eigenvalue weighted by molar-refractivity contribution is 6.03. The minimum absolute atomic E-state index is 0.129. The number of hydrogen-bond donors (Lipinski definition) is 2. The lowest BCUT2D eigenvalue weighted by Crippen LogP contribution is -2.25. The van der Waals surface area contributed by atoms with Gasteiger partial charge in [0.25, 0.3) is 5.91 Å². The maximum absolute atomic E-state index is 12.8. The average molecular weight is 324 g/mol. The van der Waals surface area contributed by atoms with E-state index >= 15 is 0 Å². The lowest BCUT2D eigenvalue weighted by Gasteiger charge is -2.06. The summed E-state index contributed by atoms with van der Waals surface area (Å²) in [6.45, 7) is 0. The molecule has 0 bridgehead atoms. The van der Waals surface area contributed by atoms with Crippen LogP contribution in [0.25, 0.3) is 6.08 Å². The third-order valence-electron chi connectivity index (χ3n) is 3.60. The largest absolute Gasteiger partial charge is 0.349 e. The van der Waals surface area contributed by atoms with Gasteiger partial charge in [-0.2, -0.15) is 0 Å². The van der Waals surface area contributed by atoms with Crippen LogP contribution in [0.2, 0.25) is 0 Å². The molecule has 4 nitrogen and oxygen atoms in total. The van der Waals surface area contributed by atoms with E-state index in [0.29, 0.717) is 11.3 Å². The molecule has 2 N–H and O–H groups in total. The first kappa shape index (κ1) is 15.9. The van der Waals surface area contributed by atoms with E-state index in [9.17, 15) is 14.0 Å². The monoisotopic (exact) mass is 324 g/mol. The molecule has 0 aromatic heterocycles. The molecule has 0 unspecified atom stereocenters. The van der Waals surface area contributed by atoms with Crippen LogP contribution in [0.5, 0.6) is 0 Å². The van der Waals surface area contributed by atoms with E-state index in [1.807, 2.05) is 0 Å². The maximum atomic E-state index is 12.8. The fraction of sp³-hybridized carbons (Fsp3) is 0.158. The summed E-state index contributed by atoms with van der Waals surface area (Å²) in [4.78, 5) is 24.0. The van der Waals surface area contributed by atoms with Gasteiger partial charge in [-0.1, -0.05) is 18.2 Å². The second-order valence-electron chi connectivity index (χ2n) is 5.70. The quantitative estimate of drug-likeness (QED) is 0.829. The van der Waals surface area contributed by atoms with Crippen molar-refractivity contribution in [1.29, 1.82) is 0 Å². The Morgan fingerprint density at radius 3 is 2.54 bits per heavy atom. The number of anilines is 1. The van der Waals surface area contributed by atoms with Crippen molar-refractivity contribution in [3.05, 3.63) is 71.6 Å². The van der Waals surface area contributed by atoms with E-state index in [4.69, 9.17) is 0 Å². The topological polar surface area (TPSA) is 58.2 Å². The molecule has 0 spiro atoms. The first-order chi connectivity index (χ1) is 11.6. The molecule has 0 atom stereocenters. The third kappa shape index (κ3) is 4.52. The van der Waals surface area contributed by atoms with Crippen LogP contribution in [-0.2, 0) is 4.79 Å². The molecule has 2 aromatic carbocycles. The zero-order chi connectivity index (χ0) is 16.9. The van der Waals surface area contributed by atoms with Gasteiger partial charge in [0.15, 0.2) is 0 Å². The Balaban J connectivity index is 1.61. The summed E-state index contributed by atoms with van der Waals surface area (Å²) in [5, 5.41) is 5.61. The van der Waals surface area contributed by atoms with Gasteiger partial charge in [-0.05, 0) is 54.8 Å². The number of carbonyl (C=O) groups excluding carboxylic acids is 2. The Morgan fingerprint density at radius 1 is 1.08 bits per heavy atom.